The number of halogens is 1. The summed E-state index contributed by atoms with van der Waals surface area (Å²) in [5.74, 6) is 0.779. The zero-order chi connectivity index (χ0) is 18.4. The number of anilines is 1. The molecule has 0 saturated carbocycles. The van der Waals surface area contributed by atoms with Gasteiger partial charge in [0.25, 0.3) is 0 Å². The quantitative estimate of drug-likeness (QED) is 0.695. The summed E-state index contributed by atoms with van der Waals surface area (Å²) >= 11 is 0. The summed E-state index contributed by atoms with van der Waals surface area (Å²) in [7, 11) is 2.98. The molecule has 0 aliphatic carbocycles. The molecule has 134 valence electrons. The fraction of sp³-hybridized carbons (Fsp3) is 0.167. The van der Waals surface area contributed by atoms with Crippen molar-refractivity contribution in [3.63, 3.8) is 0 Å². The van der Waals surface area contributed by atoms with E-state index in [4.69, 9.17) is 14.2 Å². The topological polar surface area (TPSA) is 78.4 Å². The molecule has 1 aromatic carbocycles. The summed E-state index contributed by atoms with van der Waals surface area (Å²) in [5.41, 5.74) is 1.25. The zero-order valence-corrected chi connectivity index (χ0v) is 14.3. The fourth-order valence-corrected chi connectivity index (χ4v) is 2.17. The van der Waals surface area contributed by atoms with Gasteiger partial charge in [0.05, 0.1) is 26.8 Å². The SMILES string of the molecule is COc1cc(OC)nc(Oc2cccnc2CNc2cccc(F)c2)n1. The van der Waals surface area contributed by atoms with Crippen molar-refractivity contribution in [1.29, 1.82) is 0 Å². The van der Waals surface area contributed by atoms with Crippen LogP contribution in [0.4, 0.5) is 10.1 Å². The molecule has 0 aliphatic rings. The minimum Gasteiger partial charge on any atom is -0.481 e. The van der Waals surface area contributed by atoms with Gasteiger partial charge in [0.1, 0.15) is 11.5 Å². The number of methoxy groups -OCH3 is 2. The van der Waals surface area contributed by atoms with Crippen LogP contribution in [0.15, 0.2) is 48.7 Å². The molecule has 0 amide bonds. The molecular formula is C18H17FN4O3. The van der Waals surface area contributed by atoms with Gasteiger partial charge in [-0.15, -0.1) is 0 Å². The smallest absolute Gasteiger partial charge is 0.328 e. The highest BCUT2D eigenvalue weighted by Crippen LogP contribution is 2.26. The van der Waals surface area contributed by atoms with Gasteiger partial charge in [-0.2, -0.15) is 9.97 Å². The fourth-order valence-electron chi connectivity index (χ4n) is 2.17. The second kappa shape index (κ2) is 8.11. The zero-order valence-electron chi connectivity index (χ0n) is 14.3. The Labute approximate surface area is 149 Å². The third kappa shape index (κ3) is 4.35. The van der Waals surface area contributed by atoms with Crippen LogP contribution in [0.2, 0.25) is 0 Å². The van der Waals surface area contributed by atoms with Crippen molar-refractivity contribution in [3.8, 4) is 23.5 Å². The molecule has 0 radical (unpaired) electrons. The molecule has 0 aliphatic heterocycles. The number of hydrogen-bond acceptors (Lipinski definition) is 7. The highest BCUT2D eigenvalue weighted by molar-refractivity contribution is 5.44. The van der Waals surface area contributed by atoms with Crippen LogP contribution >= 0.6 is 0 Å². The van der Waals surface area contributed by atoms with E-state index in [1.165, 1.54) is 26.4 Å². The van der Waals surface area contributed by atoms with Crippen molar-refractivity contribution in [2.24, 2.45) is 0 Å². The summed E-state index contributed by atoms with van der Waals surface area (Å²) in [6.45, 7) is 0.334. The normalized spacial score (nSPS) is 10.3. The predicted octanol–water partition coefficient (Wildman–Crippen LogP) is 3.43. The number of aromatic nitrogens is 3. The van der Waals surface area contributed by atoms with Crippen LogP contribution in [0, 0.1) is 5.82 Å². The molecule has 26 heavy (non-hydrogen) atoms. The van der Waals surface area contributed by atoms with E-state index in [1.807, 2.05) is 0 Å². The number of nitrogens with zero attached hydrogens (tertiary/aromatic N) is 3. The summed E-state index contributed by atoms with van der Waals surface area (Å²) in [5, 5.41) is 3.10. The first kappa shape index (κ1) is 17.4. The van der Waals surface area contributed by atoms with Gasteiger partial charge in [0.15, 0.2) is 5.75 Å². The lowest BCUT2D eigenvalue weighted by molar-refractivity contribution is 0.347. The molecule has 3 aromatic rings. The molecule has 8 heteroatoms. The van der Waals surface area contributed by atoms with Crippen LogP contribution in [0.3, 0.4) is 0 Å². The van der Waals surface area contributed by atoms with E-state index in [9.17, 15) is 4.39 Å². The maximum absolute atomic E-state index is 13.3. The lowest BCUT2D eigenvalue weighted by atomic mass is 10.3. The Kier molecular flexibility index (Phi) is 5.43. The summed E-state index contributed by atoms with van der Waals surface area (Å²) < 4.78 is 29.2. The van der Waals surface area contributed by atoms with Gasteiger partial charge >= 0.3 is 6.01 Å². The molecule has 7 nitrogen and oxygen atoms in total. The third-order valence-corrected chi connectivity index (χ3v) is 3.41. The van der Waals surface area contributed by atoms with Crippen LogP contribution in [-0.4, -0.2) is 29.2 Å². The van der Waals surface area contributed by atoms with E-state index in [2.05, 4.69) is 20.3 Å². The van der Waals surface area contributed by atoms with Crippen molar-refractivity contribution in [2.75, 3.05) is 19.5 Å². The Hall–Kier alpha value is -3.42. The van der Waals surface area contributed by atoms with Gasteiger partial charge in [-0.25, -0.2) is 4.39 Å². The number of pyridine rings is 1. The van der Waals surface area contributed by atoms with Crippen molar-refractivity contribution in [1.82, 2.24) is 15.0 Å². The lowest BCUT2D eigenvalue weighted by Gasteiger charge is -2.11. The highest BCUT2D eigenvalue weighted by Gasteiger charge is 2.11. The molecule has 2 heterocycles. The van der Waals surface area contributed by atoms with Crippen molar-refractivity contribution in [3.05, 3.63) is 60.2 Å². The van der Waals surface area contributed by atoms with Crippen LogP contribution in [0.25, 0.3) is 0 Å². The first-order valence-corrected chi connectivity index (χ1v) is 7.76. The molecule has 0 saturated heterocycles. The standard InChI is InChI=1S/C18H17FN4O3/c1-24-16-10-17(25-2)23-18(22-16)26-15-7-4-8-20-14(15)11-21-13-6-3-5-12(19)9-13/h3-10,21H,11H2,1-2H3. The Morgan fingerprint density at radius 3 is 2.46 bits per heavy atom. The molecule has 0 spiro atoms. The minimum atomic E-state index is -0.315. The Morgan fingerprint density at radius 2 is 1.77 bits per heavy atom. The summed E-state index contributed by atoms with van der Waals surface area (Å²) in [6, 6.07) is 11.3. The average molecular weight is 356 g/mol. The largest absolute Gasteiger partial charge is 0.481 e. The minimum absolute atomic E-state index is 0.0706. The maximum atomic E-state index is 13.3. The molecule has 0 bridgehead atoms. The van der Waals surface area contributed by atoms with Gasteiger partial charge in [-0.1, -0.05) is 6.07 Å². The second-order valence-electron chi connectivity index (χ2n) is 5.15. The van der Waals surface area contributed by atoms with Gasteiger partial charge in [0.2, 0.25) is 11.8 Å². The number of nitrogens with one attached hydrogen (secondary N) is 1. The highest BCUT2D eigenvalue weighted by atomic mass is 19.1. The van der Waals surface area contributed by atoms with Gasteiger partial charge in [-0.05, 0) is 30.3 Å². The Bertz CT molecular complexity index is 870. The second-order valence-corrected chi connectivity index (χ2v) is 5.15. The lowest BCUT2D eigenvalue weighted by Crippen LogP contribution is -2.05. The van der Waals surface area contributed by atoms with E-state index in [-0.39, 0.29) is 11.8 Å². The number of hydrogen-bond donors (Lipinski definition) is 1. The molecule has 2 aromatic heterocycles. The number of rotatable bonds is 7. The Balaban J connectivity index is 1.79. The average Bonchev–Trinajstić information content (AvgIpc) is 2.67. The van der Waals surface area contributed by atoms with Crippen LogP contribution in [0.5, 0.6) is 23.5 Å². The molecule has 0 atom stereocenters. The Morgan fingerprint density at radius 1 is 1.00 bits per heavy atom. The monoisotopic (exact) mass is 356 g/mol. The van der Waals surface area contributed by atoms with E-state index in [1.54, 1.807) is 36.5 Å². The molecular weight excluding hydrogens is 339 g/mol. The van der Waals surface area contributed by atoms with E-state index in [0.29, 0.717) is 35.4 Å². The first-order valence-electron chi connectivity index (χ1n) is 7.76. The molecule has 1 N–H and O–H groups in total. The molecule has 0 fully saturated rings. The van der Waals surface area contributed by atoms with Crippen LogP contribution in [0.1, 0.15) is 5.69 Å². The van der Waals surface area contributed by atoms with Crippen molar-refractivity contribution in [2.45, 2.75) is 6.54 Å². The predicted molar refractivity (Wildman–Crippen MR) is 93.2 cm³/mol. The molecule has 0 unspecified atom stereocenters. The van der Waals surface area contributed by atoms with Crippen LogP contribution < -0.4 is 19.5 Å². The van der Waals surface area contributed by atoms with Crippen molar-refractivity contribution >= 4 is 5.69 Å². The van der Waals surface area contributed by atoms with E-state index >= 15 is 0 Å². The molecule has 3 rings (SSSR count). The van der Waals surface area contributed by atoms with Gasteiger partial charge in [0, 0.05) is 11.9 Å². The van der Waals surface area contributed by atoms with Crippen LogP contribution in [-0.2, 0) is 6.54 Å². The van der Waals surface area contributed by atoms with Gasteiger partial charge in [-0.3, -0.25) is 4.98 Å². The van der Waals surface area contributed by atoms with E-state index < -0.39 is 0 Å². The summed E-state index contributed by atoms with van der Waals surface area (Å²) in [4.78, 5) is 12.6. The van der Waals surface area contributed by atoms with Crippen molar-refractivity contribution < 1.29 is 18.6 Å². The maximum Gasteiger partial charge on any atom is 0.328 e. The van der Waals surface area contributed by atoms with Gasteiger partial charge < -0.3 is 19.5 Å². The van der Waals surface area contributed by atoms with E-state index in [0.717, 1.165) is 0 Å². The summed E-state index contributed by atoms with van der Waals surface area (Å²) in [6.07, 6.45) is 1.64. The number of benzene rings is 1. The first-order chi connectivity index (χ1) is 12.7. The number of ether oxygens (including phenoxy) is 3. The third-order valence-electron chi connectivity index (χ3n) is 3.41.